The van der Waals surface area contributed by atoms with Crippen LogP contribution in [-0.4, -0.2) is 83.1 Å². The van der Waals surface area contributed by atoms with Gasteiger partial charge in [-0.15, -0.1) is 0 Å². The number of carbonyl (C=O) groups excluding carboxylic acids is 2. The van der Waals surface area contributed by atoms with Crippen molar-refractivity contribution < 1.29 is 50.9 Å². The molecule has 13 nitrogen and oxygen atoms in total. The fraction of sp³-hybridized carbons (Fsp3) is 0.244. The maximum atomic E-state index is 15.6. The Bertz CT molecular complexity index is 2680. The number of imidazole rings is 1. The number of carbonyl (C=O) groups is 3. The number of fused-ring (bicyclic) bond motifs is 1. The molecule has 2 aromatic heterocycles. The third-order valence-electron chi connectivity index (χ3n) is 10.2. The van der Waals surface area contributed by atoms with Gasteiger partial charge >= 0.3 is 18.0 Å². The summed E-state index contributed by atoms with van der Waals surface area (Å²) in [6, 6.07) is 22.7. The first-order chi connectivity index (χ1) is 29.2. The molecule has 3 N–H and O–H groups in total. The van der Waals surface area contributed by atoms with Crippen molar-refractivity contribution in [3.05, 3.63) is 143 Å². The maximum Gasteiger partial charge on any atom is 0.409 e. The monoisotopic (exact) mass is 854 g/mol. The van der Waals surface area contributed by atoms with Crippen LogP contribution in [-0.2, 0) is 47.3 Å². The lowest BCUT2D eigenvalue weighted by Gasteiger charge is -2.30. The number of carboxylic acids is 1. The molecule has 61 heavy (non-hydrogen) atoms. The smallest absolute Gasteiger partial charge is 0.409 e. The summed E-state index contributed by atoms with van der Waals surface area (Å²) in [4.78, 5) is 48.2. The van der Waals surface area contributed by atoms with E-state index in [-0.39, 0.29) is 66.1 Å². The number of nitrogens with zero attached hydrogens (tertiary/aromatic N) is 2. The zero-order valence-corrected chi connectivity index (χ0v) is 34.4. The van der Waals surface area contributed by atoms with Gasteiger partial charge in [0, 0.05) is 65.7 Å². The van der Waals surface area contributed by atoms with Crippen molar-refractivity contribution >= 4 is 44.8 Å². The van der Waals surface area contributed by atoms with Crippen LogP contribution < -0.4 is 4.74 Å². The Morgan fingerprint density at radius 3 is 2.49 bits per heavy atom. The largest absolute Gasteiger partial charge is 0.481 e. The molecular formula is C45H44F2N4O9S. The van der Waals surface area contributed by atoms with Gasteiger partial charge in [-0.1, -0.05) is 54.6 Å². The summed E-state index contributed by atoms with van der Waals surface area (Å²) in [6.45, 7) is 3.61. The van der Waals surface area contributed by atoms with Crippen LogP contribution in [0, 0.1) is 11.6 Å². The van der Waals surface area contributed by atoms with Crippen LogP contribution in [0.25, 0.3) is 28.4 Å². The number of rotatable bonds is 18. The molecule has 1 atom stereocenters. The van der Waals surface area contributed by atoms with E-state index in [0.29, 0.717) is 27.7 Å². The number of hydrogen-bond donors (Lipinski definition) is 3. The molecule has 0 bridgehead atoms. The van der Waals surface area contributed by atoms with Crippen LogP contribution in [0.15, 0.2) is 103 Å². The van der Waals surface area contributed by atoms with Gasteiger partial charge in [0.05, 0.1) is 30.1 Å². The van der Waals surface area contributed by atoms with Crippen LogP contribution in [0.4, 0.5) is 13.6 Å². The molecule has 0 saturated heterocycles. The number of aliphatic carboxylic acids is 1. The highest BCUT2D eigenvalue weighted by atomic mass is 32.2. The van der Waals surface area contributed by atoms with Gasteiger partial charge < -0.3 is 34.2 Å². The molecule has 0 aliphatic rings. The van der Waals surface area contributed by atoms with E-state index < -0.39 is 51.3 Å². The molecule has 6 rings (SSSR count). The summed E-state index contributed by atoms with van der Waals surface area (Å²) < 4.78 is 74.4. The van der Waals surface area contributed by atoms with E-state index in [1.54, 1.807) is 68.6 Å². The van der Waals surface area contributed by atoms with Crippen LogP contribution in [0.5, 0.6) is 11.5 Å². The molecule has 0 fully saturated rings. The lowest BCUT2D eigenvalue weighted by molar-refractivity contribution is -0.137. The van der Waals surface area contributed by atoms with Crippen molar-refractivity contribution in [2.45, 2.75) is 38.7 Å². The van der Waals surface area contributed by atoms with E-state index in [9.17, 15) is 27.9 Å². The predicted molar refractivity (Wildman–Crippen MR) is 225 cm³/mol. The summed E-state index contributed by atoms with van der Waals surface area (Å²) in [5.41, 5.74) is 1.79. The SMILES string of the molecule is CCOC(=O)/C=C/c1cccc(C(C)(CCS(=O)(=O)CCN(C)C(=O)OCc2ccccc2)c2cnc(-c3cc(Oc4c(F)cc5[nH]ccc5c4CC(=O)O)ccc3F)[nH]2)c1. The van der Waals surface area contributed by atoms with Gasteiger partial charge in [0.25, 0.3) is 0 Å². The summed E-state index contributed by atoms with van der Waals surface area (Å²) in [5, 5.41) is 10.0. The van der Waals surface area contributed by atoms with Gasteiger partial charge in [-0.25, -0.2) is 31.8 Å². The molecule has 6 aromatic rings. The second kappa shape index (κ2) is 19.1. The second-order valence-electron chi connectivity index (χ2n) is 14.5. The lowest BCUT2D eigenvalue weighted by atomic mass is 9.77. The molecule has 0 aliphatic heterocycles. The van der Waals surface area contributed by atoms with Gasteiger partial charge in [0.15, 0.2) is 21.4 Å². The molecule has 0 radical (unpaired) electrons. The van der Waals surface area contributed by atoms with Crippen LogP contribution in [0.2, 0.25) is 0 Å². The minimum absolute atomic E-state index is 0.00127. The first kappa shape index (κ1) is 43.8. The van der Waals surface area contributed by atoms with Gasteiger partial charge in [0.2, 0.25) is 0 Å². The maximum absolute atomic E-state index is 15.6. The fourth-order valence-electron chi connectivity index (χ4n) is 6.70. The number of hydrogen-bond acceptors (Lipinski definition) is 9. The summed E-state index contributed by atoms with van der Waals surface area (Å²) in [6.07, 6.45) is 4.68. The number of ether oxygens (including phenoxy) is 3. The van der Waals surface area contributed by atoms with E-state index in [1.165, 1.54) is 42.4 Å². The third-order valence-corrected chi connectivity index (χ3v) is 11.8. The Kier molecular flexibility index (Phi) is 13.7. The highest BCUT2D eigenvalue weighted by molar-refractivity contribution is 7.91. The minimum atomic E-state index is -3.78. The van der Waals surface area contributed by atoms with Crippen molar-refractivity contribution in [3.8, 4) is 22.9 Å². The number of halogens is 2. The Morgan fingerprint density at radius 1 is 0.951 bits per heavy atom. The highest BCUT2D eigenvalue weighted by Crippen LogP contribution is 2.39. The van der Waals surface area contributed by atoms with Gasteiger partial charge in [0.1, 0.15) is 24.0 Å². The Morgan fingerprint density at radius 2 is 1.74 bits per heavy atom. The van der Waals surface area contributed by atoms with E-state index in [1.807, 2.05) is 18.2 Å². The first-order valence-electron chi connectivity index (χ1n) is 19.3. The van der Waals surface area contributed by atoms with Crippen molar-refractivity contribution in [1.82, 2.24) is 19.9 Å². The number of esters is 1. The zero-order chi connectivity index (χ0) is 43.7. The Hall–Kier alpha value is -6.81. The van der Waals surface area contributed by atoms with Crippen molar-refractivity contribution in [2.75, 3.05) is 31.7 Å². The quantitative estimate of drug-likeness (QED) is 0.0563. The van der Waals surface area contributed by atoms with E-state index in [0.717, 1.165) is 11.6 Å². The molecule has 0 aliphatic carbocycles. The number of H-pyrrole nitrogens is 2. The van der Waals surface area contributed by atoms with Crippen molar-refractivity contribution in [2.24, 2.45) is 0 Å². The van der Waals surface area contributed by atoms with E-state index in [2.05, 4.69) is 15.0 Å². The topological polar surface area (TPSA) is 181 Å². The van der Waals surface area contributed by atoms with Crippen LogP contribution in [0.1, 0.15) is 48.2 Å². The van der Waals surface area contributed by atoms with E-state index >= 15 is 8.78 Å². The summed E-state index contributed by atoms with van der Waals surface area (Å²) in [5.74, 6) is -4.21. The second-order valence-corrected chi connectivity index (χ2v) is 16.8. The highest BCUT2D eigenvalue weighted by Gasteiger charge is 2.34. The zero-order valence-electron chi connectivity index (χ0n) is 33.6. The molecule has 0 spiro atoms. The number of nitrogens with one attached hydrogen (secondary N) is 2. The molecule has 4 aromatic carbocycles. The number of carboxylic acid groups (broad SMARTS) is 1. The lowest BCUT2D eigenvalue weighted by Crippen LogP contribution is -2.34. The number of amides is 1. The Balaban J connectivity index is 1.27. The number of aromatic amines is 2. The standard InChI is InChI=1S/C45H44F2N4O9S/c1-4-58-41(54)16-13-29-11-8-12-31(23-29)45(2,18-21-61(56,57)22-20-51(3)44(55)59-28-30-9-6-5-7-10-30)39-27-49-43(50-39)35-24-32(14-15-36(35)46)60-42-34(25-40(52)53)33-17-19-48-38(33)26-37(42)47/h5-17,19,23-24,26-27,48H,4,18,20-22,25,28H2,1-3H3,(H,49,50)(H,52,53)/b16-13+. The summed E-state index contributed by atoms with van der Waals surface area (Å²) >= 11 is 0. The van der Waals surface area contributed by atoms with E-state index in [4.69, 9.17) is 14.2 Å². The van der Waals surface area contributed by atoms with Crippen LogP contribution in [0.3, 0.4) is 0 Å². The third kappa shape index (κ3) is 10.9. The number of sulfone groups is 1. The van der Waals surface area contributed by atoms with Crippen molar-refractivity contribution in [3.63, 3.8) is 0 Å². The number of benzene rings is 4. The molecule has 16 heteroatoms. The average molecular weight is 855 g/mol. The minimum Gasteiger partial charge on any atom is -0.481 e. The molecule has 318 valence electrons. The average Bonchev–Trinajstić information content (AvgIpc) is 3.94. The Labute approximate surface area is 350 Å². The normalized spacial score (nSPS) is 12.6. The molecule has 0 saturated carbocycles. The van der Waals surface area contributed by atoms with Gasteiger partial charge in [-0.05, 0) is 67.3 Å². The van der Waals surface area contributed by atoms with Crippen molar-refractivity contribution in [1.29, 1.82) is 0 Å². The fourth-order valence-corrected chi connectivity index (χ4v) is 8.17. The van der Waals surface area contributed by atoms with Crippen LogP contribution >= 0.6 is 0 Å². The first-order valence-corrected chi connectivity index (χ1v) is 21.1. The molecule has 1 amide bonds. The summed E-state index contributed by atoms with van der Waals surface area (Å²) in [7, 11) is -2.32. The number of aromatic nitrogens is 3. The molecule has 1 unspecified atom stereocenters. The predicted octanol–water partition coefficient (Wildman–Crippen LogP) is 8.21. The molecule has 2 heterocycles. The van der Waals surface area contributed by atoms with Gasteiger partial charge in [-0.3, -0.25) is 4.79 Å². The molecular weight excluding hydrogens is 811 g/mol. The van der Waals surface area contributed by atoms with Gasteiger partial charge in [-0.2, -0.15) is 0 Å².